The van der Waals surface area contributed by atoms with E-state index in [-0.39, 0.29) is 0 Å². The highest BCUT2D eigenvalue weighted by Gasteiger charge is 2.17. The number of halogens is 1. The van der Waals surface area contributed by atoms with Crippen molar-refractivity contribution in [2.75, 3.05) is 7.05 Å². The lowest BCUT2D eigenvalue weighted by Crippen LogP contribution is -2.32. The van der Waals surface area contributed by atoms with Crippen LogP contribution in [-0.4, -0.2) is 24.2 Å². The van der Waals surface area contributed by atoms with Gasteiger partial charge in [0.25, 0.3) is 0 Å². The summed E-state index contributed by atoms with van der Waals surface area (Å²) >= 11 is 3.47. The van der Waals surface area contributed by atoms with E-state index < -0.39 is 0 Å². The van der Waals surface area contributed by atoms with Crippen molar-refractivity contribution in [2.45, 2.75) is 32.7 Å². The van der Waals surface area contributed by atoms with Gasteiger partial charge in [0.1, 0.15) is 0 Å². The summed E-state index contributed by atoms with van der Waals surface area (Å²) in [5, 5.41) is 0. The fourth-order valence-corrected chi connectivity index (χ4v) is 2.05. The van der Waals surface area contributed by atoms with Crippen LogP contribution in [0.5, 0.6) is 0 Å². The molecular formula is C14H22BrN3. The van der Waals surface area contributed by atoms with Crippen molar-refractivity contribution in [3.63, 3.8) is 0 Å². The van der Waals surface area contributed by atoms with E-state index in [2.05, 4.69) is 52.8 Å². The van der Waals surface area contributed by atoms with Gasteiger partial charge in [-0.15, -0.1) is 0 Å². The number of aliphatic imine (C=N–C) groups is 1. The maximum Gasteiger partial charge on any atom is 0.0422 e. The Bertz CT molecular complexity index is 383. The van der Waals surface area contributed by atoms with Crippen molar-refractivity contribution in [1.82, 2.24) is 4.90 Å². The minimum Gasteiger partial charge on any atom is -0.398 e. The van der Waals surface area contributed by atoms with Gasteiger partial charge in [-0.3, -0.25) is 4.99 Å². The lowest BCUT2D eigenvalue weighted by atomic mass is 9.97. The van der Waals surface area contributed by atoms with Crippen LogP contribution in [0.1, 0.15) is 26.7 Å². The van der Waals surface area contributed by atoms with Crippen LogP contribution in [0.2, 0.25) is 0 Å². The quantitative estimate of drug-likeness (QED) is 0.808. The first-order valence-electron chi connectivity index (χ1n) is 6.28. The molecule has 0 saturated carbocycles. The molecule has 1 aliphatic rings. The topological polar surface area (TPSA) is 41.6 Å². The molecule has 0 radical (unpaired) electrons. The normalized spacial score (nSPS) is 23.1. The molecule has 1 aliphatic heterocycles. The second kappa shape index (κ2) is 7.41. The van der Waals surface area contributed by atoms with Crippen molar-refractivity contribution < 1.29 is 0 Å². The summed E-state index contributed by atoms with van der Waals surface area (Å²) in [4.78, 5) is 6.38. The Labute approximate surface area is 118 Å². The van der Waals surface area contributed by atoms with Crippen LogP contribution in [0.3, 0.4) is 0 Å². The van der Waals surface area contributed by atoms with Gasteiger partial charge in [-0.25, -0.2) is 0 Å². The van der Waals surface area contributed by atoms with E-state index in [0.717, 1.165) is 23.0 Å². The number of allylic oxidation sites excluding steroid dienone is 2. The predicted octanol–water partition coefficient (Wildman–Crippen LogP) is 3.40. The Morgan fingerprint density at radius 3 is 3.06 bits per heavy atom. The summed E-state index contributed by atoms with van der Waals surface area (Å²) in [5.41, 5.74) is 6.77. The summed E-state index contributed by atoms with van der Waals surface area (Å²) in [6, 6.07) is 0.428. The molecule has 2 atom stereocenters. The summed E-state index contributed by atoms with van der Waals surface area (Å²) in [7, 11) is 2.08. The lowest BCUT2D eigenvalue weighted by Gasteiger charge is -2.28. The van der Waals surface area contributed by atoms with Crippen LogP contribution in [-0.2, 0) is 0 Å². The van der Waals surface area contributed by atoms with E-state index in [1.54, 1.807) is 0 Å². The molecule has 2 unspecified atom stereocenters. The monoisotopic (exact) mass is 311 g/mol. The molecule has 1 heterocycles. The Kier molecular flexibility index (Phi) is 6.19. The molecule has 0 aliphatic carbocycles. The van der Waals surface area contributed by atoms with E-state index in [1.165, 1.54) is 0 Å². The Hall–Kier alpha value is -1.03. The average molecular weight is 312 g/mol. The Morgan fingerprint density at radius 2 is 2.39 bits per heavy atom. The van der Waals surface area contributed by atoms with Crippen LogP contribution in [0, 0.1) is 5.92 Å². The zero-order chi connectivity index (χ0) is 13.5. The van der Waals surface area contributed by atoms with E-state index in [0.29, 0.717) is 12.0 Å². The zero-order valence-electron chi connectivity index (χ0n) is 11.3. The van der Waals surface area contributed by atoms with E-state index in [4.69, 9.17) is 5.73 Å². The predicted molar refractivity (Wildman–Crippen MR) is 82.5 cm³/mol. The average Bonchev–Trinajstić information content (AvgIpc) is 2.59. The zero-order valence-corrected chi connectivity index (χ0v) is 12.9. The van der Waals surface area contributed by atoms with Crippen LogP contribution in [0.25, 0.3) is 0 Å². The van der Waals surface area contributed by atoms with Gasteiger partial charge in [0.05, 0.1) is 0 Å². The third-order valence-corrected chi connectivity index (χ3v) is 4.19. The van der Waals surface area contributed by atoms with Gasteiger partial charge in [-0.05, 0) is 18.4 Å². The minimum absolute atomic E-state index is 0.417. The third kappa shape index (κ3) is 4.33. The third-order valence-electron chi connectivity index (χ3n) is 3.17. The summed E-state index contributed by atoms with van der Waals surface area (Å²) in [6.45, 7) is 4.28. The standard InChI is InChI=1S/C14H22BrN3/c1-4-12(15)13(16)6-5-11(2)14-7-8-17-9-10-18(14)3/h5-6,8-11,14H,4,7,16H2,1-3H3/b6-5-,13-12-. The van der Waals surface area contributed by atoms with Gasteiger partial charge in [-0.2, -0.15) is 0 Å². The molecule has 3 nitrogen and oxygen atoms in total. The van der Waals surface area contributed by atoms with Crippen LogP contribution >= 0.6 is 15.9 Å². The molecule has 0 aromatic rings. The molecule has 0 bridgehead atoms. The molecule has 18 heavy (non-hydrogen) atoms. The molecule has 4 heteroatoms. The fourth-order valence-electron chi connectivity index (χ4n) is 1.91. The lowest BCUT2D eigenvalue weighted by molar-refractivity contribution is 0.287. The first-order valence-corrected chi connectivity index (χ1v) is 7.08. The summed E-state index contributed by atoms with van der Waals surface area (Å²) < 4.78 is 1.06. The van der Waals surface area contributed by atoms with Gasteiger partial charge in [0.2, 0.25) is 0 Å². The Morgan fingerprint density at radius 1 is 1.67 bits per heavy atom. The summed E-state index contributed by atoms with van der Waals surface area (Å²) in [6.07, 6.45) is 11.9. The van der Waals surface area contributed by atoms with E-state index >= 15 is 0 Å². The van der Waals surface area contributed by atoms with Crippen LogP contribution < -0.4 is 5.73 Å². The molecule has 0 aromatic carbocycles. The highest BCUT2D eigenvalue weighted by atomic mass is 79.9. The Balaban J connectivity index is 2.70. The molecule has 0 spiro atoms. The molecule has 0 amide bonds. The summed E-state index contributed by atoms with van der Waals surface area (Å²) in [5.74, 6) is 0.417. The molecule has 0 aromatic heterocycles. The van der Waals surface area contributed by atoms with Gasteiger partial charge in [0, 0.05) is 48.3 Å². The van der Waals surface area contributed by atoms with E-state index in [9.17, 15) is 0 Å². The smallest absolute Gasteiger partial charge is 0.0422 e. The second-order valence-electron chi connectivity index (χ2n) is 4.53. The first kappa shape index (κ1) is 15.0. The number of hydrogen-bond acceptors (Lipinski definition) is 3. The molecule has 0 fully saturated rings. The van der Waals surface area contributed by atoms with Crippen LogP contribution in [0.4, 0.5) is 0 Å². The highest BCUT2D eigenvalue weighted by molar-refractivity contribution is 9.11. The second-order valence-corrected chi connectivity index (χ2v) is 5.49. The van der Waals surface area contributed by atoms with Crippen molar-refractivity contribution >= 4 is 22.1 Å². The number of nitrogens with two attached hydrogens (primary N) is 1. The molecule has 100 valence electrons. The van der Waals surface area contributed by atoms with Gasteiger partial charge in [0.15, 0.2) is 0 Å². The minimum atomic E-state index is 0.417. The molecule has 1 rings (SSSR count). The van der Waals surface area contributed by atoms with Gasteiger partial charge >= 0.3 is 0 Å². The maximum absolute atomic E-state index is 5.96. The van der Waals surface area contributed by atoms with Crippen LogP contribution in [0.15, 0.2) is 39.7 Å². The van der Waals surface area contributed by atoms with Crippen molar-refractivity contribution in [3.8, 4) is 0 Å². The number of nitrogens with zero attached hydrogens (tertiary/aromatic N) is 2. The van der Waals surface area contributed by atoms with Crippen molar-refractivity contribution in [3.05, 3.63) is 34.7 Å². The SMILES string of the molecule is CC/C(Br)=C(N)\C=C/C(C)C1CC=NC=CN1C. The van der Waals surface area contributed by atoms with E-state index in [1.807, 2.05) is 24.7 Å². The first-order chi connectivity index (χ1) is 8.56. The maximum atomic E-state index is 5.96. The van der Waals surface area contributed by atoms with Crippen molar-refractivity contribution in [2.24, 2.45) is 16.6 Å². The van der Waals surface area contributed by atoms with Gasteiger partial charge in [-0.1, -0.05) is 35.9 Å². The molecule has 2 N–H and O–H groups in total. The fraction of sp³-hybridized carbons (Fsp3) is 0.500. The molecule has 0 saturated heterocycles. The number of hydrogen-bond donors (Lipinski definition) is 1. The largest absolute Gasteiger partial charge is 0.398 e. The highest BCUT2D eigenvalue weighted by Crippen LogP contribution is 2.18. The number of rotatable bonds is 4. The van der Waals surface area contributed by atoms with Gasteiger partial charge < -0.3 is 10.6 Å². The van der Waals surface area contributed by atoms with Crippen molar-refractivity contribution in [1.29, 1.82) is 0 Å². The molecular weight excluding hydrogens is 290 g/mol.